The summed E-state index contributed by atoms with van der Waals surface area (Å²) >= 11 is 0. The molecule has 0 aliphatic carbocycles. The maximum atomic E-state index is 6.17. The number of H-pyrrole nitrogens is 1. The third-order valence-corrected chi connectivity index (χ3v) is 5.53. The van der Waals surface area contributed by atoms with Crippen molar-refractivity contribution in [2.45, 2.75) is 26.0 Å². The van der Waals surface area contributed by atoms with Crippen molar-refractivity contribution in [1.29, 1.82) is 0 Å². The van der Waals surface area contributed by atoms with Gasteiger partial charge in [-0.1, -0.05) is 54.6 Å². The van der Waals surface area contributed by atoms with Crippen molar-refractivity contribution in [3.05, 3.63) is 77.9 Å². The van der Waals surface area contributed by atoms with Crippen LogP contribution in [0.4, 0.5) is 0 Å². The van der Waals surface area contributed by atoms with Gasteiger partial charge < -0.3 is 9.72 Å². The molecule has 4 aromatic rings. The molecule has 27 heavy (non-hydrogen) atoms. The van der Waals surface area contributed by atoms with Crippen molar-refractivity contribution in [2.75, 3.05) is 13.1 Å². The first kappa shape index (κ1) is 16.4. The Bertz CT molecular complexity index is 1060. The molecule has 1 saturated heterocycles. The number of para-hydroxylation sites is 2. The van der Waals surface area contributed by atoms with E-state index in [2.05, 4.69) is 70.5 Å². The van der Waals surface area contributed by atoms with Crippen molar-refractivity contribution in [1.82, 2.24) is 9.88 Å². The number of hydrogen-bond acceptors (Lipinski definition) is 2. The molecular formula is C24H24N2O. The van der Waals surface area contributed by atoms with E-state index in [-0.39, 0.29) is 0 Å². The Hall–Kier alpha value is -2.78. The molecule has 1 aromatic heterocycles. The van der Waals surface area contributed by atoms with Crippen LogP contribution in [-0.4, -0.2) is 23.0 Å². The van der Waals surface area contributed by atoms with Gasteiger partial charge in [0.1, 0.15) is 12.4 Å². The second-order valence-corrected chi connectivity index (χ2v) is 7.44. The number of nitrogens with one attached hydrogen (secondary N) is 1. The fourth-order valence-electron chi connectivity index (χ4n) is 4.07. The van der Waals surface area contributed by atoms with Gasteiger partial charge in [0.15, 0.2) is 0 Å². The number of aromatic nitrogens is 1. The smallest absolute Gasteiger partial charge is 0.143 e. The first-order chi connectivity index (χ1) is 13.4. The number of fused-ring (bicyclic) bond motifs is 3. The molecule has 2 heterocycles. The van der Waals surface area contributed by atoms with E-state index >= 15 is 0 Å². The Balaban J connectivity index is 1.32. The quantitative estimate of drug-likeness (QED) is 0.512. The molecule has 0 atom stereocenters. The Labute approximate surface area is 159 Å². The highest BCUT2D eigenvalue weighted by atomic mass is 16.5. The van der Waals surface area contributed by atoms with Crippen molar-refractivity contribution in [3.63, 3.8) is 0 Å². The summed E-state index contributed by atoms with van der Waals surface area (Å²) in [5, 5.41) is 2.45. The van der Waals surface area contributed by atoms with Gasteiger partial charge in [-0.3, -0.25) is 4.90 Å². The minimum absolute atomic E-state index is 0.582. The lowest BCUT2D eigenvalue weighted by atomic mass is 10.1. The van der Waals surface area contributed by atoms with Crippen molar-refractivity contribution in [3.8, 4) is 5.75 Å². The van der Waals surface area contributed by atoms with Gasteiger partial charge in [-0.25, -0.2) is 0 Å². The third kappa shape index (κ3) is 3.31. The zero-order chi connectivity index (χ0) is 18.1. The fraction of sp³-hybridized carbons (Fsp3) is 0.250. The fourth-order valence-corrected chi connectivity index (χ4v) is 4.07. The van der Waals surface area contributed by atoms with Crippen LogP contribution in [0.5, 0.6) is 5.75 Å². The summed E-state index contributed by atoms with van der Waals surface area (Å²) in [5.41, 5.74) is 4.81. The highest BCUT2D eigenvalue weighted by Gasteiger charge is 2.12. The Morgan fingerprint density at radius 2 is 1.52 bits per heavy atom. The van der Waals surface area contributed by atoms with Crippen LogP contribution in [-0.2, 0) is 13.2 Å². The van der Waals surface area contributed by atoms with Crippen LogP contribution < -0.4 is 4.74 Å². The molecule has 0 spiro atoms. The van der Waals surface area contributed by atoms with Crippen LogP contribution in [0.15, 0.2) is 66.7 Å². The van der Waals surface area contributed by atoms with E-state index in [9.17, 15) is 0 Å². The molecule has 3 aromatic carbocycles. The zero-order valence-electron chi connectivity index (χ0n) is 15.4. The second kappa shape index (κ2) is 7.09. The average molecular weight is 356 g/mol. The first-order valence-corrected chi connectivity index (χ1v) is 9.79. The molecule has 1 aliphatic heterocycles. The molecule has 136 valence electrons. The summed E-state index contributed by atoms with van der Waals surface area (Å²) in [6.45, 7) is 4.12. The predicted molar refractivity (Wildman–Crippen MR) is 111 cm³/mol. The van der Waals surface area contributed by atoms with Gasteiger partial charge in [0, 0.05) is 22.8 Å². The minimum Gasteiger partial charge on any atom is -0.487 e. The maximum absolute atomic E-state index is 6.17. The highest BCUT2D eigenvalue weighted by Crippen LogP contribution is 2.31. The molecule has 5 rings (SSSR count). The number of hydrogen-bond donors (Lipinski definition) is 1. The summed E-state index contributed by atoms with van der Waals surface area (Å²) < 4.78 is 6.17. The van der Waals surface area contributed by atoms with Gasteiger partial charge in [0.25, 0.3) is 0 Å². The zero-order valence-corrected chi connectivity index (χ0v) is 15.4. The van der Waals surface area contributed by atoms with E-state index in [1.54, 1.807) is 0 Å². The van der Waals surface area contributed by atoms with Gasteiger partial charge in [0.2, 0.25) is 0 Å². The molecule has 3 heteroatoms. The molecule has 0 amide bonds. The topological polar surface area (TPSA) is 28.3 Å². The monoisotopic (exact) mass is 356 g/mol. The highest BCUT2D eigenvalue weighted by molar-refractivity contribution is 6.09. The SMILES string of the molecule is c1ccc2c(c1)[nH]c1c(OCc3ccc(CN4CCCC4)cc3)cccc12. The number of aromatic amines is 1. The van der Waals surface area contributed by atoms with Crippen LogP contribution in [0.1, 0.15) is 24.0 Å². The second-order valence-electron chi connectivity index (χ2n) is 7.44. The van der Waals surface area contributed by atoms with Crippen molar-refractivity contribution < 1.29 is 4.74 Å². The van der Waals surface area contributed by atoms with Crippen molar-refractivity contribution >= 4 is 21.8 Å². The van der Waals surface area contributed by atoms with Gasteiger partial charge >= 0.3 is 0 Å². The number of ether oxygens (including phenoxy) is 1. The predicted octanol–water partition coefficient (Wildman–Crippen LogP) is 5.50. The molecule has 1 fully saturated rings. The Kier molecular flexibility index (Phi) is 4.30. The third-order valence-electron chi connectivity index (χ3n) is 5.53. The van der Waals surface area contributed by atoms with Crippen LogP contribution >= 0.6 is 0 Å². The molecule has 3 nitrogen and oxygen atoms in total. The molecule has 1 aliphatic rings. The molecule has 0 radical (unpaired) electrons. The van der Waals surface area contributed by atoms with Crippen LogP contribution in [0, 0.1) is 0 Å². The lowest BCUT2D eigenvalue weighted by Gasteiger charge is -2.14. The van der Waals surface area contributed by atoms with Gasteiger partial charge in [-0.2, -0.15) is 0 Å². The van der Waals surface area contributed by atoms with Crippen LogP contribution in [0.3, 0.4) is 0 Å². The van der Waals surface area contributed by atoms with E-state index in [0.29, 0.717) is 6.61 Å². The molecular weight excluding hydrogens is 332 g/mol. The average Bonchev–Trinajstić information content (AvgIpc) is 3.35. The lowest BCUT2D eigenvalue weighted by Crippen LogP contribution is -2.18. The molecule has 0 bridgehead atoms. The molecule has 0 unspecified atom stereocenters. The maximum Gasteiger partial charge on any atom is 0.143 e. The summed E-state index contributed by atoms with van der Waals surface area (Å²) in [5.74, 6) is 0.907. The van der Waals surface area contributed by atoms with Crippen LogP contribution in [0.2, 0.25) is 0 Å². The Morgan fingerprint density at radius 1 is 0.778 bits per heavy atom. The standard InChI is InChI=1S/C24H24N2O/c1-2-8-22-20(6-1)21-7-5-9-23(24(21)25-22)27-17-19-12-10-18(11-13-19)16-26-14-3-4-15-26/h1-2,5-13,25H,3-4,14-17H2. The Morgan fingerprint density at radius 3 is 2.37 bits per heavy atom. The largest absolute Gasteiger partial charge is 0.487 e. The van der Waals surface area contributed by atoms with E-state index in [1.807, 2.05) is 6.07 Å². The normalized spacial score (nSPS) is 15.0. The number of rotatable bonds is 5. The summed E-state index contributed by atoms with van der Waals surface area (Å²) in [7, 11) is 0. The minimum atomic E-state index is 0.582. The summed E-state index contributed by atoms with van der Waals surface area (Å²) in [4.78, 5) is 6.03. The summed E-state index contributed by atoms with van der Waals surface area (Å²) in [6, 6.07) is 23.5. The van der Waals surface area contributed by atoms with E-state index < -0.39 is 0 Å². The summed E-state index contributed by atoms with van der Waals surface area (Å²) in [6.07, 6.45) is 2.68. The molecule has 0 saturated carbocycles. The van der Waals surface area contributed by atoms with Gasteiger partial charge in [0.05, 0.1) is 5.52 Å². The van der Waals surface area contributed by atoms with E-state index in [0.717, 1.165) is 23.3 Å². The molecule has 1 N–H and O–H groups in total. The van der Waals surface area contributed by atoms with Gasteiger partial charge in [-0.05, 0) is 49.2 Å². The van der Waals surface area contributed by atoms with Gasteiger partial charge in [-0.15, -0.1) is 0 Å². The van der Waals surface area contributed by atoms with Crippen molar-refractivity contribution in [2.24, 2.45) is 0 Å². The first-order valence-electron chi connectivity index (χ1n) is 9.79. The number of nitrogens with zero attached hydrogens (tertiary/aromatic N) is 1. The van der Waals surface area contributed by atoms with E-state index in [4.69, 9.17) is 4.74 Å². The number of benzene rings is 3. The lowest BCUT2D eigenvalue weighted by molar-refractivity contribution is 0.309. The van der Waals surface area contributed by atoms with Crippen LogP contribution in [0.25, 0.3) is 21.8 Å². The van der Waals surface area contributed by atoms with E-state index in [1.165, 1.54) is 47.8 Å². The number of likely N-dealkylation sites (tertiary alicyclic amines) is 1.